The Kier molecular flexibility index (Phi) is 6.03. The molecule has 5 aromatic rings. The van der Waals surface area contributed by atoms with Crippen molar-refractivity contribution in [3.05, 3.63) is 90.8 Å². The Balaban J connectivity index is 1.34. The van der Waals surface area contributed by atoms with Gasteiger partial charge in [0.25, 0.3) is 0 Å². The van der Waals surface area contributed by atoms with Crippen LogP contribution < -0.4 is 10.6 Å². The summed E-state index contributed by atoms with van der Waals surface area (Å²) in [5.74, 6) is 0.846. The van der Waals surface area contributed by atoms with Crippen LogP contribution in [0.3, 0.4) is 0 Å². The highest BCUT2D eigenvalue weighted by Crippen LogP contribution is 2.37. The number of aromatic nitrogens is 6. The van der Waals surface area contributed by atoms with Gasteiger partial charge in [-0.25, -0.2) is 4.98 Å². The van der Waals surface area contributed by atoms with Crippen LogP contribution in [0.4, 0.5) is 11.5 Å². The molecule has 0 unspecified atom stereocenters. The van der Waals surface area contributed by atoms with Gasteiger partial charge in [-0.15, -0.1) is 0 Å². The summed E-state index contributed by atoms with van der Waals surface area (Å²) >= 11 is 0. The van der Waals surface area contributed by atoms with Crippen molar-refractivity contribution >= 4 is 34.0 Å². The number of hydrogen-bond acceptors (Lipinski definition) is 6. The van der Waals surface area contributed by atoms with E-state index in [1.807, 2.05) is 57.3 Å². The van der Waals surface area contributed by atoms with Gasteiger partial charge in [-0.3, -0.25) is 19.9 Å². The lowest BCUT2D eigenvalue weighted by molar-refractivity contribution is -0.117. The molecule has 0 saturated carbocycles. The van der Waals surface area contributed by atoms with Gasteiger partial charge in [0.15, 0.2) is 5.65 Å². The van der Waals surface area contributed by atoms with Crippen LogP contribution in [0.15, 0.2) is 79.7 Å². The fourth-order valence-electron chi connectivity index (χ4n) is 4.68. The van der Waals surface area contributed by atoms with E-state index in [0.29, 0.717) is 17.8 Å². The maximum atomic E-state index is 12.5. The van der Waals surface area contributed by atoms with E-state index in [-0.39, 0.29) is 11.3 Å². The van der Waals surface area contributed by atoms with Gasteiger partial charge in [-0.05, 0) is 53.0 Å². The molecule has 9 nitrogen and oxygen atoms in total. The van der Waals surface area contributed by atoms with Crippen molar-refractivity contribution in [2.75, 3.05) is 10.6 Å². The molecule has 9 heteroatoms. The quantitative estimate of drug-likeness (QED) is 0.222. The second-order valence-electron chi connectivity index (χ2n) is 10.7. The first kappa shape index (κ1) is 24.3. The minimum atomic E-state index is -0.0986. The van der Waals surface area contributed by atoms with Crippen molar-refractivity contribution in [3.8, 4) is 22.5 Å². The zero-order valence-corrected chi connectivity index (χ0v) is 21.9. The van der Waals surface area contributed by atoms with E-state index >= 15 is 0 Å². The topological polar surface area (TPSA) is 124 Å². The number of hydrogen-bond donors (Lipinski definition) is 4. The fraction of sp³-hybridized carbons (Fsp3) is 0.167. The lowest BCUT2D eigenvalue weighted by atomic mass is 9.92. The second kappa shape index (κ2) is 9.68. The number of nitrogens with one attached hydrogen (secondary N) is 4. The number of allylic oxidation sites excluding steroid dienone is 2. The summed E-state index contributed by atoms with van der Waals surface area (Å²) in [6.07, 6.45) is 15.2. The second-order valence-corrected chi connectivity index (χ2v) is 10.7. The smallest absolute Gasteiger partial charge is 0.224 e. The van der Waals surface area contributed by atoms with Crippen molar-refractivity contribution < 1.29 is 4.79 Å². The highest BCUT2D eigenvalue weighted by atomic mass is 16.1. The van der Waals surface area contributed by atoms with E-state index in [4.69, 9.17) is 0 Å². The first-order valence-electron chi connectivity index (χ1n) is 12.7. The maximum absolute atomic E-state index is 12.5. The number of H-pyrrole nitrogens is 2. The van der Waals surface area contributed by atoms with Crippen molar-refractivity contribution in [1.29, 1.82) is 0 Å². The summed E-state index contributed by atoms with van der Waals surface area (Å²) in [5, 5.41) is 14.8. The molecule has 0 saturated heterocycles. The molecule has 0 atom stereocenters. The highest BCUT2D eigenvalue weighted by molar-refractivity contribution is 5.96. The van der Waals surface area contributed by atoms with Crippen LogP contribution in [0.25, 0.3) is 39.1 Å². The summed E-state index contributed by atoms with van der Waals surface area (Å²) in [7, 11) is 0. The van der Waals surface area contributed by atoms with Crippen LogP contribution >= 0.6 is 0 Å². The molecule has 0 aliphatic carbocycles. The number of carbonyl (C=O) groups excluding carboxylic acids is 1. The Morgan fingerprint density at radius 2 is 1.79 bits per heavy atom. The standard InChI is InChI=1S/C30H28N8O/c1-30(2,3)14-26(39)35-21-11-19(15-32-17-21)20-12-24-27(37-38-29(24)34-16-20)25-13-23-22(18-6-9-31-10-7-18)5-4-8-33-28(23)36-25/h4-13,15-17,33,36H,14H2,1-3H3,(H,35,39)(H,34,37,38). The van der Waals surface area contributed by atoms with E-state index in [1.165, 1.54) is 0 Å². The Hall–Kier alpha value is -5.05. The molecule has 0 fully saturated rings. The van der Waals surface area contributed by atoms with E-state index in [2.05, 4.69) is 52.9 Å². The lowest BCUT2D eigenvalue weighted by Gasteiger charge is -2.17. The van der Waals surface area contributed by atoms with Crippen LogP contribution in [0, 0.1) is 5.41 Å². The number of amides is 1. The molecule has 1 aliphatic heterocycles. The molecule has 4 N–H and O–H groups in total. The van der Waals surface area contributed by atoms with E-state index in [1.54, 1.807) is 31.0 Å². The van der Waals surface area contributed by atoms with Gasteiger partial charge in [0, 0.05) is 59.5 Å². The molecule has 194 valence electrons. The lowest BCUT2D eigenvalue weighted by Crippen LogP contribution is -2.19. The summed E-state index contributed by atoms with van der Waals surface area (Å²) < 4.78 is 0. The van der Waals surface area contributed by atoms with Crippen LogP contribution in [-0.4, -0.2) is 36.0 Å². The Labute approximate surface area is 225 Å². The van der Waals surface area contributed by atoms with E-state index in [0.717, 1.165) is 50.4 Å². The number of rotatable bonds is 5. The van der Waals surface area contributed by atoms with Crippen molar-refractivity contribution in [2.45, 2.75) is 27.2 Å². The number of fused-ring (bicyclic) bond motifs is 2. The monoisotopic (exact) mass is 516 g/mol. The molecule has 6 heterocycles. The third-order valence-corrected chi connectivity index (χ3v) is 6.41. The van der Waals surface area contributed by atoms with E-state index in [9.17, 15) is 4.79 Å². The molecule has 39 heavy (non-hydrogen) atoms. The molecule has 5 aromatic heterocycles. The number of nitrogens with zero attached hydrogens (tertiary/aromatic N) is 4. The highest BCUT2D eigenvalue weighted by Gasteiger charge is 2.19. The predicted octanol–water partition coefficient (Wildman–Crippen LogP) is 6.16. The number of pyridine rings is 3. The zero-order valence-electron chi connectivity index (χ0n) is 21.9. The molecule has 0 radical (unpaired) electrons. The van der Waals surface area contributed by atoms with Gasteiger partial charge < -0.3 is 15.6 Å². The minimum Gasteiger partial charge on any atom is -0.348 e. The van der Waals surface area contributed by atoms with E-state index < -0.39 is 0 Å². The Morgan fingerprint density at radius 1 is 0.974 bits per heavy atom. The number of carbonyl (C=O) groups is 1. The molecular formula is C30H28N8O. The molecule has 0 bridgehead atoms. The summed E-state index contributed by atoms with van der Waals surface area (Å²) in [6.45, 7) is 6.11. The van der Waals surface area contributed by atoms with Gasteiger partial charge in [0.05, 0.1) is 23.3 Å². The first-order chi connectivity index (χ1) is 18.8. The van der Waals surface area contributed by atoms with Crippen LogP contribution in [-0.2, 0) is 4.79 Å². The normalized spacial score (nSPS) is 12.9. The number of aromatic amines is 2. The number of anilines is 2. The van der Waals surface area contributed by atoms with Gasteiger partial charge in [0.2, 0.25) is 5.91 Å². The van der Waals surface area contributed by atoms with Crippen molar-refractivity contribution in [3.63, 3.8) is 0 Å². The van der Waals surface area contributed by atoms with Crippen LogP contribution in [0.5, 0.6) is 0 Å². The van der Waals surface area contributed by atoms with Crippen molar-refractivity contribution in [1.82, 2.24) is 30.1 Å². The Morgan fingerprint density at radius 3 is 2.62 bits per heavy atom. The molecule has 1 aliphatic rings. The van der Waals surface area contributed by atoms with Gasteiger partial charge in [-0.2, -0.15) is 5.10 Å². The summed E-state index contributed by atoms with van der Waals surface area (Å²) in [4.78, 5) is 29.0. The van der Waals surface area contributed by atoms with Gasteiger partial charge in [-0.1, -0.05) is 26.8 Å². The average molecular weight is 517 g/mol. The summed E-state index contributed by atoms with van der Waals surface area (Å²) in [5.41, 5.74) is 7.78. The largest absolute Gasteiger partial charge is 0.348 e. The van der Waals surface area contributed by atoms with Crippen LogP contribution in [0.1, 0.15) is 38.3 Å². The average Bonchev–Trinajstić information content (AvgIpc) is 3.47. The molecule has 0 aromatic carbocycles. The minimum absolute atomic E-state index is 0.0395. The van der Waals surface area contributed by atoms with Gasteiger partial charge >= 0.3 is 0 Å². The van der Waals surface area contributed by atoms with Crippen LogP contribution in [0.2, 0.25) is 0 Å². The third kappa shape index (κ3) is 5.06. The zero-order chi connectivity index (χ0) is 27.0. The SMILES string of the molecule is CC(C)(C)CC(=O)Nc1cncc(-c2cnc3n[nH]c(-c4cc5c([nH]4)NC=CC=C5c4ccncc4)c3c2)c1. The molecule has 0 spiro atoms. The molecule has 1 amide bonds. The Bertz CT molecular complexity index is 1740. The fourth-order valence-corrected chi connectivity index (χ4v) is 4.68. The van der Waals surface area contributed by atoms with Gasteiger partial charge in [0.1, 0.15) is 5.82 Å². The molecular weight excluding hydrogens is 488 g/mol. The maximum Gasteiger partial charge on any atom is 0.224 e. The summed E-state index contributed by atoms with van der Waals surface area (Å²) in [6, 6.07) is 10.1. The first-order valence-corrected chi connectivity index (χ1v) is 12.7. The van der Waals surface area contributed by atoms with Crippen molar-refractivity contribution in [2.24, 2.45) is 5.41 Å². The predicted molar refractivity (Wildman–Crippen MR) is 154 cm³/mol. The molecule has 6 rings (SSSR count). The third-order valence-electron chi connectivity index (χ3n) is 6.41.